The van der Waals surface area contributed by atoms with Gasteiger partial charge in [0.25, 0.3) is 10.1 Å². The predicted molar refractivity (Wildman–Crippen MR) is 63.2 cm³/mol. The van der Waals surface area contributed by atoms with Crippen LogP contribution in [-0.4, -0.2) is 28.4 Å². The van der Waals surface area contributed by atoms with E-state index in [4.69, 9.17) is 4.55 Å². The van der Waals surface area contributed by atoms with Crippen LogP contribution in [-0.2, 0) is 20.0 Å². The third-order valence-electron chi connectivity index (χ3n) is 2.05. The Morgan fingerprint density at radius 3 is 2.29 bits per heavy atom. The van der Waals surface area contributed by atoms with Gasteiger partial charge < -0.3 is 5.32 Å². The van der Waals surface area contributed by atoms with Crippen molar-refractivity contribution in [2.75, 3.05) is 12.4 Å². The van der Waals surface area contributed by atoms with E-state index in [1.807, 2.05) is 0 Å². The number of sulfone groups is 1. The van der Waals surface area contributed by atoms with Crippen LogP contribution in [0.5, 0.6) is 0 Å². The molecule has 94 valence electrons. The van der Waals surface area contributed by atoms with E-state index in [9.17, 15) is 16.8 Å². The molecule has 0 unspecified atom stereocenters. The minimum atomic E-state index is -4.40. The topological polar surface area (TPSA) is 101 Å². The molecule has 1 aromatic rings. The SMILES string of the molecule is C=CS(=O)(=O)c1ccc(S(=O)(=O)O)c(NC)c1. The van der Waals surface area contributed by atoms with Gasteiger partial charge in [-0.2, -0.15) is 8.42 Å². The van der Waals surface area contributed by atoms with Gasteiger partial charge in [-0.05, 0) is 18.2 Å². The molecule has 0 fully saturated rings. The number of hydrogen-bond donors (Lipinski definition) is 2. The third kappa shape index (κ3) is 2.84. The molecule has 0 aromatic heterocycles. The van der Waals surface area contributed by atoms with Crippen molar-refractivity contribution < 1.29 is 21.4 Å². The lowest BCUT2D eigenvalue weighted by molar-refractivity contribution is 0.483. The molecule has 0 aliphatic rings. The largest absolute Gasteiger partial charge is 0.387 e. The number of rotatable bonds is 4. The van der Waals surface area contributed by atoms with Crippen molar-refractivity contribution >= 4 is 25.6 Å². The Hall–Kier alpha value is -1.38. The molecular formula is C9H11NO5S2. The predicted octanol–water partition coefficient (Wildman–Crippen LogP) is 0.892. The molecule has 0 radical (unpaired) electrons. The van der Waals surface area contributed by atoms with Crippen LogP contribution in [0.3, 0.4) is 0 Å². The van der Waals surface area contributed by atoms with Gasteiger partial charge >= 0.3 is 0 Å². The maximum Gasteiger partial charge on any atom is 0.296 e. The molecule has 0 atom stereocenters. The summed E-state index contributed by atoms with van der Waals surface area (Å²) in [5.74, 6) is 0. The summed E-state index contributed by atoms with van der Waals surface area (Å²) in [5, 5.41) is 3.26. The molecule has 0 amide bonds. The van der Waals surface area contributed by atoms with E-state index >= 15 is 0 Å². The first-order valence-corrected chi connectivity index (χ1v) is 7.38. The molecule has 0 heterocycles. The van der Waals surface area contributed by atoms with Crippen LogP contribution < -0.4 is 5.32 Å². The number of hydrogen-bond acceptors (Lipinski definition) is 5. The minimum Gasteiger partial charge on any atom is -0.387 e. The quantitative estimate of drug-likeness (QED) is 0.793. The van der Waals surface area contributed by atoms with Crippen molar-refractivity contribution in [3.8, 4) is 0 Å². The second kappa shape index (κ2) is 4.47. The fourth-order valence-corrected chi connectivity index (χ4v) is 2.61. The van der Waals surface area contributed by atoms with Crippen molar-refractivity contribution in [1.82, 2.24) is 0 Å². The Morgan fingerprint density at radius 2 is 1.88 bits per heavy atom. The van der Waals surface area contributed by atoms with Crippen molar-refractivity contribution in [1.29, 1.82) is 0 Å². The average Bonchev–Trinajstić information content (AvgIpc) is 2.27. The van der Waals surface area contributed by atoms with Gasteiger partial charge in [-0.1, -0.05) is 6.58 Å². The molecule has 0 aliphatic heterocycles. The van der Waals surface area contributed by atoms with Gasteiger partial charge in [0.1, 0.15) is 4.90 Å². The summed E-state index contributed by atoms with van der Waals surface area (Å²) in [6.07, 6.45) is 0. The molecule has 8 heteroatoms. The summed E-state index contributed by atoms with van der Waals surface area (Å²) in [6.45, 7) is 3.16. The molecule has 6 nitrogen and oxygen atoms in total. The highest BCUT2D eigenvalue weighted by atomic mass is 32.2. The normalized spacial score (nSPS) is 12.1. The number of benzene rings is 1. The highest BCUT2D eigenvalue weighted by Gasteiger charge is 2.18. The van der Waals surface area contributed by atoms with Crippen LogP contribution in [0.2, 0.25) is 0 Å². The van der Waals surface area contributed by atoms with Crippen LogP contribution in [0.4, 0.5) is 5.69 Å². The molecule has 2 N–H and O–H groups in total. The highest BCUT2D eigenvalue weighted by Crippen LogP contribution is 2.25. The maximum atomic E-state index is 11.5. The first kappa shape index (κ1) is 13.7. The lowest BCUT2D eigenvalue weighted by Gasteiger charge is -2.08. The van der Waals surface area contributed by atoms with E-state index in [0.717, 1.165) is 23.6 Å². The Balaban J connectivity index is 3.54. The number of nitrogens with one attached hydrogen (secondary N) is 1. The molecular weight excluding hydrogens is 266 g/mol. The van der Waals surface area contributed by atoms with Gasteiger partial charge in [0, 0.05) is 12.5 Å². The van der Waals surface area contributed by atoms with Gasteiger partial charge in [0.15, 0.2) is 9.84 Å². The zero-order chi connectivity index (χ0) is 13.3. The Bertz CT molecular complexity index is 646. The van der Waals surface area contributed by atoms with Crippen molar-refractivity contribution in [3.63, 3.8) is 0 Å². The smallest absolute Gasteiger partial charge is 0.296 e. The van der Waals surface area contributed by atoms with Gasteiger partial charge in [0.05, 0.1) is 10.6 Å². The summed E-state index contributed by atoms with van der Waals surface area (Å²) in [4.78, 5) is -0.493. The molecule has 0 bridgehead atoms. The summed E-state index contributed by atoms with van der Waals surface area (Å²) in [7, 11) is -6.63. The van der Waals surface area contributed by atoms with Gasteiger partial charge in [-0.25, -0.2) is 8.42 Å². The molecule has 0 spiro atoms. The van der Waals surface area contributed by atoms with Crippen LogP contribution in [0.25, 0.3) is 0 Å². The molecule has 1 rings (SSSR count). The van der Waals surface area contributed by atoms with Gasteiger partial charge in [0.2, 0.25) is 0 Å². The fourth-order valence-electron chi connectivity index (χ4n) is 1.20. The van der Waals surface area contributed by atoms with Crippen LogP contribution in [0, 0.1) is 0 Å². The number of anilines is 1. The average molecular weight is 277 g/mol. The minimum absolute atomic E-state index is 0.00424. The maximum absolute atomic E-state index is 11.5. The third-order valence-corrected chi connectivity index (χ3v) is 4.31. The van der Waals surface area contributed by atoms with E-state index in [-0.39, 0.29) is 15.5 Å². The fraction of sp³-hybridized carbons (Fsp3) is 0.111. The zero-order valence-electron chi connectivity index (χ0n) is 8.91. The standard InChI is InChI=1S/C9H11NO5S2/c1-3-16(11,12)7-4-5-9(17(13,14)15)8(6-7)10-2/h3-6,10H,1H2,2H3,(H,13,14,15). The first-order valence-electron chi connectivity index (χ1n) is 4.39. The van der Waals surface area contributed by atoms with Crippen molar-refractivity contribution in [2.45, 2.75) is 9.79 Å². The second-order valence-corrected chi connectivity index (χ2v) is 6.38. The Kier molecular flexibility index (Phi) is 3.60. The molecule has 0 aliphatic carbocycles. The highest BCUT2D eigenvalue weighted by molar-refractivity contribution is 7.94. The zero-order valence-corrected chi connectivity index (χ0v) is 10.5. The summed E-state index contributed by atoms with van der Waals surface area (Å²) >= 11 is 0. The molecule has 0 saturated heterocycles. The summed E-state index contributed by atoms with van der Waals surface area (Å²) < 4.78 is 53.8. The van der Waals surface area contributed by atoms with Crippen LogP contribution in [0.1, 0.15) is 0 Å². The Morgan fingerprint density at radius 1 is 1.29 bits per heavy atom. The first-order chi connectivity index (χ1) is 7.72. The van der Waals surface area contributed by atoms with Crippen molar-refractivity contribution in [2.24, 2.45) is 0 Å². The Labute approximate surface area is 99.6 Å². The molecule has 17 heavy (non-hydrogen) atoms. The van der Waals surface area contributed by atoms with E-state index in [0.29, 0.717) is 0 Å². The summed E-state index contributed by atoms with van der Waals surface area (Å²) in [5.41, 5.74) is -0.00424. The van der Waals surface area contributed by atoms with Crippen LogP contribution >= 0.6 is 0 Å². The van der Waals surface area contributed by atoms with Crippen LogP contribution in [0.15, 0.2) is 40.0 Å². The van der Waals surface area contributed by atoms with Crippen molar-refractivity contribution in [3.05, 3.63) is 30.2 Å². The second-order valence-electron chi connectivity index (χ2n) is 3.09. The van der Waals surface area contributed by atoms with E-state index < -0.39 is 20.0 Å². The lowest BCUT2D eigenvalue weighted by Crippen LogP contribution is -2.05. The lowest BCUT2D eigenvalue weighted by atomic mass is 10.3. The monoisotopic (exact) mass is 277 g/mol. The summed E-state index contributed by atoms with van der Waals surface area (Å²) in [6, 6.07) is 3.21. The molecule has 0 saturated carbocycles. The molecule has 1 aromatic carbocycles. The van der Waals surface area contributed by atoms with Gasteiger partial charge in [-0.15, -0.1) is 0 Å². The van der Waals surface area contributed by atoms with E-state index in [2.05, 4.69) is 11.9 Å². The van der Waals surface area contributed by atoms with E-state index in [1.165, 1.54) is 7.05 Å². The van der Waals surface area contributed by atoms with Gasteiger partial charge in [-0.3, -0.25) is 4.55 Å². The van der Waals surface area contributed by atoms with E-state index in [1.54, 1.807) is 0 Å².